The summed E-state index contributed by atoms with van der Waals surface area (Å²) in [7, 11) is 0. The van der Waals surface area contributed by atoms with Crippen molar-refractivity contribution in [3.05, 3.63) is 0 Å². The van der Waals surface area contributed by atoms with Gasteiger partial charge in [-0.25, -0.2) is 15.8 Å². The van der Waals surface area contributed by atoms with E-state index in [1.807, 2.05) is 0 Å². The van der Waals surface area contributed by atoms with Gasteiger partial charge in [0.2, 0.25) is 5.84 Å². The fourth-order valence-electron chi connectivity index (χ4n) is 0.252. The van der Waals surface area contributed by atoms with E-state index in [1.165, 1.54) is 0 Å². The molecule has 10 heavy (non-hydrogen) atoms. The molecule has 0 bridgehead atoms. The minimum atomic E-state index is -1.27. The Labute approximate surface area is 58.1 Å². The fourth-order valence-corrected chi connectivity index (χ4v) is 0.252. The molecule has 0 aliphatic heterocycles. The van der Waals surface area contributed by atoms with E-state index < -0.39 is 11.8 Å². The fraction of sp³-hybridized carbons (Fsp3) is 0.500. The zero-order chi connectivity index (χ0) is 8.15. The topological polar surface area (TPSA) is 105 Å². The van der Waals surface area contributed by atoms with Crippen molar-refractivity contribution in [3.63, 3.8) is 0 Å². The number of hydrogen-bond acceptors (Lipinski definition) is 4. The standard InChI is InChI=1S/C4H10N4O2/c1-2-8(6)7-3(5)4(9)10/h2,6H2,1H3,(H2,5,7)(H,9,10). The van der Waals surface area contributed by atoms with Gasteiger partial charge in [-0.3, -0.25) is 0 Å². The quantitative estimate of drug-likeness (QED) is 0.191. The van der Waals surface area contributed by atoms with Gasteiger partial charge >= 0.3 is 5.97 Å². The van der Waals surface area contributed by atoms with Gasteiger partial charge in [0.05, 0.1) is 6.54 Å². The van der Waals surface area contributed by atoms with Crippen molar-refractivity contribution in [2.24, 2.45) is 16.7 Å². The average Bonchev–Trinajstić information content (AvgIpc) is 1.87. The lowest BCUT2D eigenvalue weighted by molar-refractivity contribution is -0.129. The van der Waals surface area contributed by atoms with Crippen LogP contribution >= 0.6 is 0 Å². The molecule has 0 saturated carbocycles. The first-order chi connectivity index (χ1) is 4.57. The number of carbonyl (C=O) groups is 1. The van der Waals surface area contributed by atoms with Crippen molar-refractivity contribution in [2.45, 2.75) is 6.92 Å². The first kappa shape index (κ1) is 8.70. The summed E-state index contributed by atoms with van der Waals surface area (Å²) in [5, 5.41) is 12.4. The number of nitrogens with zero attached hydrogens (tertiary/aromatic N) is 2. The van der Waals surface area contributed by atoms with E-state index in [0.717, 1.165) is 5.12 Å². The first-order valence-corrected chi connectivity index (χ1v) is 2.67. The van der Waals surface area contributed by atoms with Gasteiger partial charge in [-0.2, -0.15) is 0 Å². The van der Waals surface area contributed by atoms with Crippen LogP contribution in [0.2, 0.25) is 0 Å². The smallest absolute Gasteiger partial charge is 0.373 e. The minimum absolute atomic E-state index is 0.411. The Morgan fingerprint density at radius 2 is 2.30 bits per heavy atom. The first-order valence-electron chi connectivity index (χ1n) is 2.67. The van der Waals surface area contributed by atoms with Crippen LogP contribution in [0, 0.1) is 0 Å². The molecular weight excluding hydrogens is 136 g/mol. The van der Waals surface area contributed by atoms with Gasteiger partial charge in [-0.15, -0.1) is 5.10 Å². The molecule has 0 aromatic heterocycles. The third-order valence-corrected chi connectivity index (χ3v) is 0.779. The lowest BCUT2D eigenvalue weighted by Crippen LogP contribution is -2.32. The van der Waals surface area contributed by atoms with Gasteiger partial charge < -0.3 is 10.8 Å². The van der Waals surface area contributed by atoms with E-state index in [9.17, 15) is 4.79 Å². The molecule has 0 saturated heterocycles. The Morgan fingerprint density at radius 3 is 2.60 bits per heavy atom. The predicted molar refractivity (Wildman–Crippen MR) is 35.8 cm³/mol. The van der Waals surface area contributed by atoms with Crippen molar-refractivity contribution in [3.8, 4) is 0 Å². The molecule has 0 unspecified atom stereocenters. The highest BCUT2D eigenvalue weighted by molar-refractivity contribution is 6.33. The second-order valence-corrected chi connectivity index (χ2v) is 1.55. The SMILES string of the molecule is CCN(N)/N=C(\N)C(=O)O. The summed E-state index contributed by atoms with van der Waals surface area (Å²) in [6.45, 7) is 2.13. The molecule has 0 aromatic carbocycles. The highest BCUT2D eigenvalue weighted by Gasteiger charge is 2.02. The monoisotopic (exact) mass is 146 g/mol. The molecule has 0 heterocycles. The Bertz CT molecular complexity index is 155. The van der Waals surface area contributed by atoms with Gasteiger partial charge in [-0.05, 0) is 6.92 Å². The van der Waals surface area contributed by atoms with Crippen LogP contribution in [-0.4, -0.2) is 28.6 Å². The normalized spacial score (nSPS) is 11.2. The van der Waals surface area contributed by atoms with Crippen LogP contribution in [0.5, 0.6) is 0 Å². The molecule has 0 aliphatic carbocycles. The van der Waals surface area contributed by atoms with Gasteiger partial charge in [0.25, 0.3) is 0 Å². The zero-order valence-corrected chi connectivity index (χ0v) is 5.61. The second-order valence-electron chi connectivity index (χ2n) is 1.55. The van der Waals surface area contributed by atoms with E-state index in [4.69, 9.17) is 16.7 Å². The maximum atomic E-state index is 10.0. The number of aliphatic carboxylic acids is 1. The van der Waals surface area contributed by atoms with Crippen LogP contribution in [0.3, 0.4) is 0 Å². The number of hydrazine groups is 1. The Hall–Kier alpha value is -1.30. The van der Waals surface area contributed by atoms with Crippen LogP contribution in [0.4, 0.5) is 0 Å². The van der Waals surface area contributed by atoms with E-state index in [2.05, 4.69) is 5.10 Å². The van der Waals surface area contributed by atoms with Crippen molar-refractivity contribution in [2.75, 3.05) is 6.54 Å². The van der Waals surface area contributed by atoms with Gasteiger partial charge in [0.15, 0.2) is 0 Å². The molecule has 0 fully saturated rings. The highest BCUT2D eigenvalue weighted by atomic mass is 16.4. The molecule has 0 aliphatic rings. The van der Waals surface area contributed by atoms with E-state index >= 15 is 0 Å². The molecule has 58 valence electrons. The molecule has 6 heteroatoms. The van der Waals surface area contributed by atoms with Crippen molar-refractivity contribution >= 4 is 11.8 Å². The third-order valence-electron chi connectivity index (χ3n) is 0.779. The van der Waals surface area contributed by atoms with Crippen LogP contribution in [0.1, 0.15) is 6.92 Å². The Kier molecular flexibility index (Phi) is 3.20. The Morgan fingerprint density at radius 1 is 1.80 bits per heavy atom. The number of rotatable bonds is 2. The molecular formula is C4H10N4O2. The van der Waals surface area contributed by atoms with Crippen molar-refractivity contribution in [1.82, 2.24) is 5.12 Å². The summed E-state index contributed by atoms with van der Waals surface area (Å²) in [4.78, 5) is 10.0. The lowest BCUT2D eigenvalue weighted by Gasteiger charge is -2.07. The molecule has 0 spiro atoms. The zero-order valence-electron chi connectivity index (χ0n) is 5.61. The van der Waals surface area contributed by atoms with E-state index in [0.29, 0.717) is 6.54 Å². The van der Waals surface area contributed by atoms with Gasteiger partial charge in [-0.1, -0.05) is 0 Å². The molecule has 5 N–H and O–H groups in total. The van der Waals surface area contributed by atoms with Crippen molar-refractivity contribution < 1.29 is 9.90 Å². The van der Waals surface area contributed by atoms with Crippen molar-refractivity contribution in [1.29, 1.82) is 0 Å². The molecule has 0 amide bonds. The molecule has 0 rings (SSSR count). The number of carboxylic acids is 1. The average molecular weight is 146 g/mol. The van der Waals surface area contributed by atoms with Crippen LogP contribution in [-0.2, 0) is 4.79 Å². The van der Waals surface area contributed by atoms with Gasteiger partial charge in [0.1, 0.15) is 0 Å². The number of hydrazone groups is 1. The maximum absolute atomic E-state index is 10.0. The lowest BCUT2D eigenvalue weighted by atomic mass is 10.6. The number of hydrogen-bond donors (Lipinski definition) is 3. The predicted octanol–water partition coefficient (Wildman–Crippen LogP) is -1.46. The summed E-state index contributed by atoms with van der Waals surface area (Å²) >= 11 is 0. The maximum Gasteiger partial charge on any atom is 0.373 e. The summed E-state index contributed by atoms with van der Waals surface area (Å²) in [5.41, 5.74) is 4.92. The van der Waals surface area contributed by atoms with E-state index in [1.54, 1.807) is 6.92 Å². The largest absolute Gasteiger partial charge is 0.475 e. The summed E-state index contributed by atoms with van der Waals surface area (Å²) in [6, 6.07) is 0. The minimum Gasteiger partial charge on any atom is -0.475 e. The summed E-state index contributed by atoms with van der Waals surface area (Å²) in [5.74, 6) is 3.33. The summed E-state index contributed by atoms with van der Waals surface area (Å²) in [6.07, 6.45) is 0. The van der Waals surface area contributed by atoms with E-state index in [-0.39, 0.29) is 0 Å². The molecule has 6 nitrogen and oxygen atoms in total. The highest BCUT2D eigenvalue weighted by Crippen LogP contribution is 1.77. The summed E-state index contributed by atoms with van der Waals surface area (Å²) < 4.78 is 0. The number of nitrogens with two attached hydrogens (primary N) is 2. The third kappa shape index (κ3) is 2.88. The molecule has 0 aromatic rings. The number of amidine groups is 1. The molecule has 0 radical (unpaired) electrons. The molecule has 0 atom stereocenters. The van der Waals surface area contributed by atoms with Crippen LogP contribution < -0.4 is 11.6 Å². The van der Waals surface area contributed by atoms with Crippen LogP contribution in [0.25, 0.3) is 0 Å². The second kappa shape index (κ2) is 3.67. The Balaban J connectivity index is 4.02. The number of carboxylic acid groups (broad SMARTS) is 1. The van der Waals surface area contributed by atoms with Gasteiger partial charge in [0, 0.05) is 0 Å². The van der Waals surface area contributed by atoms with Crippen LogP contribution in [0.15, 0.2) is 5.10 Å².